The number of carbonyl (C=O) groups is 3. The second-order valence-corrected chi connectivity index (χ2v) is 7.71. The van der Waals surface area contributed by atoms with E-state index in [2.05, 4.69) is 20.9 Å². The summed E-state index contributed by atoms with van der Waals surface area (Å²) in [6, 6.07) is 9.15. The topological polar surface area (TPSA) is 103 Å². The molecular weight excluding hydrogens is 399 g/mol. The van der Waals surface area contributed by atoms with Gasteiger partial charge in [0.05, 0.1) is 0 Å². The van der Waals surface area contributed by atoms with E-state index in [-0.39, 0.29) is 30.0 Å². The maximum atomic E-state index is 13.5. The van der Waals surface area contributed by atoms with Crippen LogP contribution in [0.5, 0.6) is 0 Å². The smallest absolute Gasteiger partial charge is 0.247 e. The second-order valence-electron chi connectivity index (χ2n) is 7.71. The first-order valence-electron chi connectivity index (χ1n) is 10.1. The molecule has 160 valence electrons. The van der Waals surface area contributed by atoms with E-state index in [9.17, 15) is 18.8 Å². The van der Waals surface area contributed by atoms with Gasteiger partial charge in [0, 0.05) is 49.1 Å². The first-order valence-corrected chi connectivity index (χ1v) is 10.1. The highest BCUT2D eigenvalue weighted by atomic mass is 19.1. The third-order valence-corrected chi connectivity index (χ3v) is 5.42. The quantitative estimate of drug-likeness (QED) is 0.508. The van der Waals surface area contributed by atoms with Crippen LogP contribution >= 0.6 is 0 Å². The van der Waals surface area contributed by atoms with Crippen LogP contribution in [0.1, 0.15) is 30.0 Å². The Kier molecular flexibility index (Phi) is 5.70. The Morgan fingerprint density at radius 3 is 2.77 bits per heavy atom. The molecule has 7 nitrogen and oxygen atoms in total. The van der Waals surface area contributed by atoms with Crippen molar-refractivity contribution in [3.8, 4) is 0 Å². The van der Waals surface area contributed by atoms with Crippen LogP contribution in [0.4, 0.5) is 10.1 Å². The van der Waals surface area contributed by atoms with Gasteiger partial charge in [-0.1, -0.05) is 6.07 Å². The van der Waals surface area contributed by atoms with Crippen molar-refractivity contribution in [1.82, 2.24) is 15.6 Å². The van der Waals surface area contributed by atoms with E-state index in [1.807, 2.05) is 12.1 Å². The van der Waals surface area contributed by atoms with E-state index in [0.29, 0.717) is 30.6 Å². The molecule has 3 amide bonds. The molecule has 2 aromatic carbocycles. The molecule has 1 atom stereocenters. The van der Waals surface area contributed by atoms with E-state index in [0.717, 1.165) is 22.1 Å². The fourth-order valence-corrected chi connectivity index (χ4v) is 3.87. The molecule has 0 saturated carbocycles. The van der Waals surface area contributed by atoms with E-state index in [4.69, 9.17) is 0 Å². The number of nitrogens with one attached hydrogen (secondary N) is 4. The fraction of sp³-hybridized carbons (Fsp3) is 0.261. The summed E-state index contributed by atoms with van der Waals surface area (Å²) in [5.74, 6) is -1.03. The summed E-state index contributed by atoms with van der Waals surface area (Å²) in [4.78, 5) is 39.3. The van der Waals surface area contributed by atoms with Crippen molar-refractivity contribution in [2.24, 2.45) is 0 Å². The minimum Gasteiger partial charge on any atom is -0.361 e. The van der Waals surface area contributed by atoms with Gasteiger partial charge >= 0.3 is 0 Å². The molecular formula is C23H23FN4O3. The first-order chi connectivity index (χ1) is 14.9. The van der Waals surface area contributed by atoms with Crippen molar-refractivity contribution < 1.29 is 18.8 Å². The highest BCUT2D eigenvalue weighted by molar-refractivity contribution is 5.98. The monoisotopic (exact) mass is 422 g/mol. The Balaban J connectivity index is 1.53. The summed E-state index contributed by atoms with van der Waals surface area (Å²) in [5.41, 5.74) is 4.05. The lowest BCUT2D eigenvalue weighted by Gasteiger charge is -2.18. The molecule has 0 bridgehead atoms. The van der Waals surface area contributed by atoms with Crippen LogP contribution in [-0.2, 0) is 33.8 Å². The molecule has 2 heterocycles. The number of hydrogen-bond donors (Lipinski definition) is 4. The van der Waals surface area contributed by atoms with Crippen LogP contribution in [0.15, 0.2) is 42.6 Å². The van der Waals surface area contributed by atoms with Gasteiger partial charge in [-0.2, -0.15) is 0 Å². The zero-order valence-electron chi connectivity index (χ0n) is 17.0. The summed E-state index contributed by atoms with van der Waals surface area (Å²) in [5, 5.41) is 9.20. The van der Waals surface area contributed by atoms with Crippen molar-refractivity contribution in [1.29, 1.82) is 0 Å². The van der Waals surface area contributed by atoms with Gasteiger partial charge in [-0.25, -0.2) is 4.39 Å². The van der Waals surface area contributed by atoms with Crippen molar-refractivity contribution >= 4 is 34.3 Å². The number of H-pyrrole nitrogens is 1. The second kappa shape index (κ2) is 8.59. The van der Waals surface area contributed by atoms with E-state index in [1.165, 1.54) is 19.1 Å². The van der Waals surface area contributed by atoms with Gasteiger partial charge in [0.15, 0.2) is 0 Å². The van der Waals surface area contributed by atoms with Crippen LogP contribution in [0.25, 0.3) is 10.9 Å². The highest BCUT2D eigenvalue weighted by Gasteiger charge is 2.22. The molecule has 0 saturated heterocycles. The van der Waals surface area contributed by atoms with Gasteiger partial charge in [-0.3, -0.25) is 14.4 Å². The molecule has 3 aromatic rings. The number of rotatable bonds is 5. The molecule has 1 aliphatic rings. The SMILES string of the molecule is CC(=O)NC(Cc1c[nH]c2cc(F)ccc12)C(=O)Nc1ccc2c(c1)CNC(=O)CC2. The number of aromatic nitrogens is 1. The molecule has 4 N–H and O–H groups in total. The molecule has 1 aromatic heterocycles. The zero-order valence-corrected chi connectivity index (χ0v) is 17.0. The van der Waals surface area contributed by atoms with Gasteiger partial charge in [-0.05, 0) is 53.4 Å². The number of carbonyl (C=O) groups excluding carboxylic acids is 3. The van der Waals surface area contributed by atoms with Crippen LogP contribution in [0, 0.1) is 5.82 Å². The lowest BCUT2D eigenvalue weighted by atomic mass is 10.0. The van der Waals surface area contributed by atoms with Crippen LogP contribution in [0.3, 0.4) is 0 Å². The summed E-state index contributed by atoms with van der Waals surface area (Å²) in [6.45, 7) is 1.77. The van der Waals surface area contributed by atoms with Crippen molar-refractivity contribution in [3.05, 3.63) is 65.1 Å². The van der Waals surface area contributed by atoms with Gasteiger partial charge in [0.1, 0.15) is 11.9 Å². The predicted octanol–water partition coefficient (Wildman–Crippen LogP) is 2.56. The van der Waals surface area contributed by atoms with Crippen LogP contribution in [-0.4, -0.2) is 28.7 Å². The van der Waals surface area contributed by atoms with Gasteiger partial charge in [0.2, 0.25) is 17.7 Å². The standard InChI is InChI=1S/C23H23FN4O3/c1-13(29)27-21(9-16-12-25-20-10-17(24)4-6-19(16)20)23(31)28-18-5-2-14-3-7-22(30)26-11-15(14)8-18/h2,4-6,8,10,12,21,25H,3,7,9,11H2,1H3,(H,26,30)(H,27,29)(H,28,31). The molecule has 31 heavy (non-hydrogen) atoms. The number of aromatic amines is 1. The van der Waals surface area contributed by atoms with Gasteiger partial charge in [-0.15, -0.1) is 0 Å². The van der Waals surface area contributed by atoms with Gasteiger partial charge in [0.25, 0.3) is 0 Å². The lowest BCUT2D eigenvalue weighted by molar-refractivity contribution is -0.125. The molecule has 1 aliphatic heterocycles. The Morgan fingerprint density at radius 1 is 1.13 bits per heavy atom. The summed E-state index contributed by atoms with van der Waals surface area (Å²) in [6.07, 6.45) is 3.07. The Labute approximate surface area is 178 Å². The van der Waals surface area contributed by atoms with Crippen LogP contribution < -0.4 is 16.0 Å². The Morgan fingerprint density at radius 2 is 1.97 bits per heavy atom. The maximum Gasteiger partial charge on any atom is 0.247 e. The van der Waals surface area contributed by atoms with Crippen molar-refractivity contribution in [2.45, 2.75) is 38.8 Å². The van der Waals surface area contributed by atoms with Crippen molar-refractivity contribution in [2.75, 3.05) is 5.32 Å². The summed E-state index contributed by atoms with van der Waals surface area (Å²) < 4.78 is 13.5. The third-order valence-electron chi connectivity index (χ3n) is 5.42. The maximum absolute atomic E-state index is 13.5. The average molecular weight is 422 g/mol. The normalized spacial score (nSPS) is 14.3. The number of fused-ring (bicyclic) bond motifs is 2. The molecule has 0 aliphatic carbocycles. The lowest BCUT2D eigenvalue weighted by Crippen LogP contribution is -2.44. The minimum absolute atomic E-state index is 0.00566. The van der Waals surface area contributed by atoms with E-state index in [1.54, 1.807) is 18.3 Å². The molecule has 1 unspecified atom stereocenters. The number of anilines is 1. The Bertz CT molecular complexity index is 1170. The molecule has 8 heteroatoms. The minimum atomic E-state index is -0.805. The fourth-order valence-electron chi connectivity index (χ4n) is 3.87. The zero-order chi connectivity index (χ0) is 22.0. The summed E-state index contributed by atoms with van der Waals surface area (Å²) in [7, 11) is 0. The number of amides is 3. The number of halogens is 1. The van der Waals surface area contributed by atoms with Gasteiger partial charge < -0.3 is 20.9 Å². The largest absolute Gasteiger partial charge is 0.361 e. The molecule has 0 radical (unpaired) electrons. The molecule has 4 rings (SSSR count). The Hall–Kier alpha value is -3.68. The number of hydrogen-bond acceptors (Lipinski definition) is 3. The predicted molar refractivity (Wildman–Crippen MR) is 115 cm³/mol. The van der Waals surface area contributed by atoms with Crippen molar-refractivity contribution in [3.63, 3.8) is 0 Å². The van der Waals surface area contributed by atoms with E-state index < -0.39 is 6.04 Å². The third kappa shape index (κ3) is 4.74. The first kappa shape index (κ1) is 20.6. The molecule has 0 spiro atoms. The highest BCUT2D eigenvalue weighted by Crippen LogP contribution is 2.22. The number of aryl methyl sites for hydroxylation is 1. The summed E-state index contributed by atoms with van der Waals surface area (Å²) >= 11 is 0. The molecule has 0 fully saturated rings. The number of benzene rings is 2. The van der Waals surface area contributed by atoms with E-state index >= 15 is 0 Å². The van der Waals surface area contributed by atoms with Crippen LogP contribution in [0.2, 0.25) is 0 Å². The average Bonchev–Trinajstić information content (AvgIpc) is 3.02.